The molecular formula is C11H21N3O5. The van der Waals surface area contributed by atoms with Gasteiger partial charge in [0.25, 0.3) is 0 Å². The van der Waals surface area contributed by atoms with E-state index in [0.717, 1.165) is 0 Å². The number of carbonyl (C=O) groups excluding carboxylic acids is 2. The Balaban J connectivity index is 4.49. The Bertz CT molecular complexity index is 345. The van der Waals surface area contributed by atoms with E-state index in [1.807, 2.05) is 0 Å². The number of carbonyl (C=O) groups is 3. The second kappa shape index (κ2) is 7.57. The van der Waals surface area contributed by atoms with E-state index in [2.05, 4.69) is 10.6 Å². The number of nitrogens with zero attached hydrogens (tertiary/aromatic N) is 1. The molecule has 3 atom stereocenters. The van der Waals surface area contributed by atoms with Gasteiger partial charge in [-0.2, -0.15) is 0 Å². The summed E-state index contributed by atoms with van der Waals surface area (Å²) >= 11 is 0. The van der Waals surface area contributed by atoms with Gasteiger partial charge < -0.3 is 25.7 Å². The van der Waals surface area contributed by atoms with Gasteiger partial charge in [-0.05, 0) is 6.92 Å². The number of hydrogen-bond acceptors (Lipinski definition) is 4. The maximum Gasteiger partial charge on any atom is 0.328 e. The first-order valence-electron chi connectivity index (χ1n) is 5.84. The molecule has 4 N–H and O–H groups in total. The van der Waals surface area contributed by atoms with E-state index >= 15 is 0 Å². The molecule has 0 fully saturated rings. The predicted octanol–water partition coefficient (Wildman–Crippen LogP) is -1.16. The van der Waals surface area contributed by atoms with Crippen LogP contribution in [0.5, 0.6) is 0 Å². The molecule has 0 heterocycles. The molecule has 0 aromatic rings. The summed E-state index contributed by atoms with van der Waals surface area (Å²) < 4.78 is 0. The van der Waals surface area contributed by atoms with Gasteiger partial charge in [-0.3, -0.25) is 4.79 Å². The normalized spacial score (nSPS) is 15.0. The van der Waals surface area contributed by atoms with E-state index < -0.39 is 30.1 Å². The summed E-state index contributed by atoms with van der Waals surface area (Å²) in [6, 6.07) is -2.05. The van der Waals surface area contributed by atoms with Gasteiger partial charge in [0.1, 0.15) is 0 Å². The number of aliphatic hydroxyl groups is 1. The summed E-state index contributed by atoms with van der Waals surface area (Å²) in [6.45, 7) is 3.05. The van der Waals surface area contributed by atoms with Gasteiger partial charge in [-0.25, -0.2) is 9.59 Å². The van der Waals surface area contributed by atoms with Gasteiger partial charge in [-0.1, -0.05) is 6.92 Å². The quantitative estimate of drug-likeness (QED) is 0.488. The van der Waals surface area contributed by atoms with E-state index in [1.54, 1.807) is 6.92 Å². The van der Waals surface area contributed by atoms with E-state index in [1.165, 1.54) is 25.9 Å². The molecule has 0 rings (SSSR count). The molecule has 19 heavy (non-hydrogen) atoms. The smallest absolute Gasteiger partial charge is 0.328 e. The van der Waals surface area contributed by atoms with Crippen LogP contribution < -0.4 is 10.6 Å². The number of urea groups is 1. The van der Waals surface area contributed by atoms with Crippen molar-refractivity contribution in [1.82, 2.24) is 15.5 Å². The summed E-state index contributed by atoms with van der Waals surface area (Å²) in [7, 11) is 2.93. The van der Waals surface area contributed by atoms with Crippen molar-refractivity contribution >= 4 is 17.9 Å². The summed E-state index contributed by atoms with van der Waals surface area (Å²) in [5.74, 6) is -1.96. The highest BCUT2D eigenvalue weighted by Gasteiger charge is 2.27. The fourth-order valence-corrected chi connectivity index (χ4v) is 1.45. The monoisotopic (exact) mass is 275 g/mol. The van der Waals surface area contributed by atoms with E-state index in [4.69, 9.17) is 5.11 Å². The number of rotatable bonds is 6. The van der Waals surface area contributed by atoms with Crippen LogP contribution in [0.25, 0.3) is 0 Å². The molecule has 8 heteroatoms. The Morgan fingerprint density at radius 1 is 1.26 bits per heavy atom. The minimum Gasteiger partial charge on any atom is -0.480 e. The molecule has 0 aliphatic rings. The molecule has 0 aromatic heterocycles. The van der Waals surface area contributed by atoms with Crippen molar-refractivity contribution in [3.8, 4) is 0 Å². The highest BCUT2D eigenvalue weighted by Crippen LogP contribution is 2.00. The summed E-state index contributed by atoms with van der Waals surface area (Å²) in [4.78, 5) is 35.0. The SMILES string of the molecule is CNC(=O)C(C)CN(C)C(=O)NC(C(=O)O)C(C)O. The second-order valence-corrected chi connectivity index (χ2v) is 4.40. The number of carboxylic acids is 1. The zero-order valence-corrected chi connectivity index (χ0v) is 11.5. The van der Waals surface area contributed by atoms with Crippen LogP contribution in [0.4, 0.5) is 4.79 Å². The molecule has 0 aliphatic carbocycles. The standard InChI is InChI=1S/C11H21N3O5/c1-6(9(16)12-3)5-14(4)11(19)13-8(7(2)15)10(17)18/h6-8,15H,5H2,1-4H3,(H,12,16)(H,13,19)(H,17,18). The second-order valence-electron chi connectivity index (χ2n) is 4.40. The van der Waals surface area contributed by atoms with Gasteiger partial charge in [-0.15, -0.1) is 0 Å². The van der Waals surface area contributed by atoms with Gasteiger partial charge in [0.05, 0.1) is 12.0 Å². The molecule has 0 saturated carbocycles. The molecule has 0 saturated heterocycles. The largest absolute Gasteiger partial charge is 0.480 e. The van der Waals surface area contributed by atoms with Crippen molar-refractivity contribution in [3.63, 3.8) is 0 Å². The van der Waals surface area contributed by atoms with Crippen LogP contribution in [0.3, 0.4) is 0 Å². The summed E-state index contributed by atoms with van der Waals surface area (Å²) in [5, 5.41) is 22.7. The number of nitrogens with one attached hydrogen (secondary N) is 2. The molecule has 0 bridgehead atoms. The van der Waals surface area contributed by atoms with Crippen LogP contribution in [0.2, 0.25) is 0 Å². The molecule has 0 radical (unpaired) electrons. The number of amides is 3. The first kappa shape index (κ1) is 17.2. The number of carboxylic acid groups (broad SMARTS) is 1. The average molecular weight is 275 g/mol. The fourth-order valence-electron chi connectivity index (χ4n) is 1.45. The first-order chi connectivity index (χ1) is 8.70. The number of hydrogen-bond donors (Lipinski definition) is 4. The Morgan fingerprint density at radius 2 is 1.79 bits per heavy atom. The summed E-state index contributed by atoms with van der Waals surface area (Å²) in [6.07, 6.45) is -1.22. The van der Waals surface area contributed by atoms with Crippen LogP contribution >= 0.6 is 0 Å². The molecule has 0 aromatic carbocycles. The van der Waals surface area contributed by atoms with Gasteiger partial charge in [0.15, 0.2) is 6.04 Å². The minimum absolute atomic E-state index is 0.137. The Labute approximate surface area is 111 Å². The molecule has 3 amide bonds. The lowest BCUT2D eigenvalue weighted by Crippen LogP contribution is -2.52. The van der Waals surface area contributed by atoms with Crippen LogP contribution in [0, 0.1) is 5.92 Å². The Morgan fingerprint density at radius 3 is 2.16 bits per heavy atom. The van der Waals surface area contributed by atoms with Crippen molar-refractivity contribution in [2.45, 2.75) is 26.0 Å². The maximum absolute atomic E-state index is 11.7. The average Bonchev–Trinajstić information content (AvgIpc) is 2.33. The van der Waals surface area contributed by atoms with Gasteiger partial charge in [0, 0.05) is 20.6 Å². The Kier molecular flexibility index (Phi) is 6.84. The topological polar surface area (TPSA) is 119 Å². The maximum atomic E-state index is 11.7. The van der Waals surface area contributed by atoms with Gasteiger partial charge in [0.2, 0.25) is 5.91 Å². The number of aliphatic carboxylic acids is 1. The third kappa shape index (κ3) is 5.56. The van der Waals surface area contributed by atoms with E-state index in [9.17, 15) is 19.5 Å². The molecule has 3 unspecified atom stereocenters. The summed E-state index contributed by atoms with van der Waals surface area (Å²) in [5.41, 5.74) is 0. The third-order valence-corrected chi connectivity index (χ3v) is 2.62. The van der Waals surface area contributed by atoms with Crippen molar-refractivity contribution in [2.75, 3.05) is 20.6 Å². The first-order valence-corrected chi connectivity index (χ1v) is 5.84. The zero-order chi connectivity index (χ0) is 15.2. The zero-order valence-electron chi connectivity index (χ0n) is 11.5. The highest BCUT2D eigenvalue weighted by atomic mass is 16.4. The molecular weight excluding hydrogens is 254 g/mol. The number of aliphatic hydroxyl groups excluding tert-OH is 1. The predicted molar refractivity (Wildman–Crippen MR) is 67.5 cm³/mol. The van der Waals surface area contributed by atoms with Crippen molar-refractivity contribution in [2.24, 2.45) is 5.92 Å². The fraction of sp³-hybridized carbons (Fsp3) is 0.727. The van der Waals surface area contributed by atoms with Crippen molar-refractivity contribution < 1.29 is 24.6 Å². The van der Waals surface area contributed by atoms with Crippen molar-refractivity contribution in [1.29, 1.82) is 0 Å². The third-order valence-electron chi connectivity index (χ3n) is 2.62. The van der Waals surface area contributed by atoms with Crippen LogP contribution in [-0.2, 0) is 9.59 Å². The van der Waals surface area contributed by atoms with E-state index in [-0.39, 0.29) is 12.5 Å². The molecule has 8 nitrogen and oxygen atoms in total. The molecule has 0 spiro atoms. The van der Waals surface area contributed by atoms with Gasteiger partial charge >= 0.3 is 12.0 Å². The van der Waals surface area contributed by atoms with E-state index in [0.29, 0.717) is 0 Å². The Hall–Kier alpha value is -1.83. The molecule has 0 aliphatic heterocycles. The van der Waals surface area contributed by atoms with Crippen LogP contribution in [0.1, 0.15) is 13.8 Å². The lowest BCUT2D eigenvalue weighted by Gasteiger charge is -2.24. The lowest BCUT2D eigenvalue weighted by atomic mass is 10.1. The lowest BCUT2D eigenvalue weighted by molar-refractivity contribution is -0.141. The van der Waals surface area contributed by atoms with Crippen LogP contribution in [-0.4, -0.2) is 65.8 Å². The van der Waals surface area contributed by atoms with Crippen molar-refractivity contribution in [3.05, 3.63) is 0 Å². The molecule has 110 valence electrons. The van der Waals surface area contributed by atoms with Crippen LogP contribution in [0.15, 0.2) is 0 Å². The highest BCUT2D eigenvalue weighted by molar-refractivity contribution is 5.83. The minimum atomic E-state index is -1.38.